The molecule has 0 bridgehead atoms. The molecule has 1 aliphatic heterocycles. The largest absolute Gasteiger partial charge is 0.303 e. The highest BCUT2D eigenvalue weighted by molar-refractivity contribution is 7.89. The van der Waals surface area contributed by atoms with Gasteiger partial charge in [-0.2, -0.15) is 0 Å². The summed E-state index contributed by atoms with van der Waals surface area (Å²) in [5.74, 6) is 0. The lowest BCUT2D eigenvalue weighted by molar-refractivity contribution is 0.223. The van der Waals surface area contributed by atoms with Crippen molar-refractivity contribution in [2.24, 2.45) is 0 Å². The topological polar surface area (TPSA) is 40.6 Å². The van der Waals surface area contributed by atoms with Gasteiger partial charge in [-0.25, -0.2) is 12.7 Å². The molecule has 0 aliphatic carbocycles. The van der Waals surface area contributed by atoms with Crippen LogP contribution in [-0.2, 0) is 10.0 Å². The van der Waals surface area contributed by atoms with E-state index in [9.17, 15) is 8.42 Å². The number of nitrogens with zero attached hydrogens (tertiary/aromatic N) is 2. The van der Waals surface area contributed by atoms with Crippen LogP contribution >= 0.6 is 11.6 Å². The molecule has 0 N–H and O–H groups in total. The Morgan fingerprint density at radius 2 is 1.91 bits per heavy atom. The quantitative estimate of drug-likeness (QED) is 0.713. The molecule has 0 amide bonds. The van der Waals surface area contributed by atoms with E-state index >= 15 is 0 Å². The van der Waals surface area contributed by atoms with Crippen LogP contribution in [0.25, 0.3) is 0 Å². The summed E-state index contributed by atoms with van der Waals surface area (Å²) in [4.78, 5) is 2.74. The van der Waals surface area contributed by atoms with Gasteiger partial charge in [-0.3, -0.25) is 0 Å². The van der Waals surface area contributed by atoms with Crippen molar-refractivity contribution in [1.29, 1.82) is 0 Å². The predicted molar refractivity (Wildman–Crippen MR) is 90.8 cm³/mol. The molecular formula is C16H25ClN2O2S. The lowest BCUT2D eigenvalue weighted by Crippen LogP contribution is -2.32. The summed E-state index contributed by atoms with van der Waals surface area (Å²) in [6, 6.07) is 6.44. The Balaban J connectivity index is 1.79. The Morgan fingerprint density at radius 1 is 1.18 bits per heavy atom. The molecule has 0 atom stereocenters. The Hall–Kier alpha value is -0.620. The Bertz CT molecular complexity index is 571. The van der Waals surface area contributed by atoms with Gasteiger partial charge in [0.05, 0.1) is 4.90 Å². The van der Waals surface area contributed by atoms with Gasteiger partial charge < -0.3 is 4.90 Å². The van der Waals surface area contributed by atoms with E-state index in [1.807, 2.05) is 0 Å². The molecule has 1 fully saturated rings. The lowest BCUT2D eigenvalue weighted by atomic mass is 10.1. The summed E-state index contributed by atoms with van der Waals surface area (Å²) in [6.07, 6.45) is 5.85. The first kappa shape index (κ1) is 17.7. The molecule has 0 unspecified atom stereocenters. The van der Waals surface area contributed by atoms with Gasteiger partial charge in [-0.05, 0) is 63.5 Å². The van der Waals surface area contributed by atoms with Crippen molar-refractivity contribution in [3.05, 3.63) is 29.3 Å². The Labute approximate surface area is 139 Å². The Kier molecular flexibility index (Phi) is 6.68. The first-order valence-electron chi connectivity index (χ1n) is 7.94. The monoisotopic (exact) mass is 344 g/mol. The fraction of sp³-hybridized carbons (Fsp3) is 0.625. The third kappa shape index (κ3) is 4.95. The molecule has 0 radical (unpaired) electrons. The van der Waals surface area contributed by atoms with E-state index in [1.165, 1.54) is 42.7 Å². The van der Waals surface area contributed by atoms with Gasteiger partial charge in [0, 0.05) is 18.6 Å². The van der Waals surface area contributed by atoms with E-state index < -0.39 is 10.0 Å². The molecule has 1 aromatic carbocycles. The SMILES string of the molecule is CN(CCCCN1CCCCC1)S(=O)(=O)c1cccc(Cl)c1. The van der Waals surface area contributed by atoms with Crippen molar-refractivity contribution < 1.29 is 8.42 Å². The zero-order valence-corrected chi connectivity index (χ0v) is 14.7. The van der Waals surface area contributed by atoms with Gasteiger partial charge in [-0.1, -0.05) is 24.1 Å². The van der Waals surface area contributed by atoms with Crippen molar-refractivity contribution >= 4 is 21.6 Å². The smallest absolute Gasteiger partial charge is 0.242 e. The molecule has 1 heterocycles. The summed E-state index contributed by atoms with van der Waals surface area (Å²) >= 11 is 5.88. The first-order chi connectivity index (χ1) is 10.5. The molecule has 1 aromatic rings. The fourth-order valence-electron chi connectivity index (χ4n) is 2.78. The molecule has 2 rings (SSSR count). The molecule has 124 valence electrons. The van der Waals surface area contributed by atoms with Crippen LogP contribution < -0.4 is 0 Å². The standard InChI is InChI=1S/C16H25ClN2O2S/c1-18(10-5-6-13-19-11-3-2-4-12-19)22(20,21)16-9-7-8-15(17)14-16/h7-9,14H,2-6,10-13H2,1H3. The van der Waals surface area contributed by atoms with Gasteiger partial charge >= 0.3 is 0 Å². The number of hydrogen-bond acceptors (Lipinski definition) is 3. The van der Waals surface area contributed by atoms with Crippen molar-refractivity contribution in [3.63, 3.8) is 0 Å². The van der Waals surface area contributed by atoms with Crippen molar-refractivity contribution in [2.75, 3.05) is 33.2 Å². The van der Waals surface area contributed by atoms with Crippen LogP contribution in [0, 0.1) is 0 Å². The average molecular weight is 345 g/mol. The zero-order chi connectivity index (χ0) is 16.0. The van der Waals surface area contributed by atoms with Gasteiger partial charge in [-0.15, -0.1) is 0 Å². The zero-order valence-electron chi connectivity index (χ0n) is 13.2. The van der Waals surface area contributed by atoms with Crippen LogP contribution in [-0.4, -0.2) is 50.8 Å². The molecular weight excluding hydrogens is 320 g/mol. The second-order valence-corrected chi connectivity index (χ2v) is 8.37. The number of rotatable bonds is 7. The van der Waals surface area contributed by atoms with Crippen molar-refractivity contribution in [2.45, 2.75) is 37.0 Å². The van der Waals surface area contributed by atoms with Gasteiger partial charge in [0.2, 0.25) is 10.0 Å². The Morgan fingerprint density at radius 3 is 2.59 bits per heavy atom. The molecule has 0 aromatic heterocycles. The lowest BCUT2D eigenvalue weighted by Gasteiger charge is -2.26. The maximum atomic E-state index is 12.4. The summed E-state index contributed by atoms with van der Waals surface area (Å²) in [5.41, 5.74) is 0. The third-order valence-corrected chi connectivity index (χ3v) is 6.24. The number of likely N-dealkylation sites (tertiary alicyclic amines) is 1. The van der Waals surface area contributed by atoms with Crippen LogP contribution in [0.3, 0.4) is 0 Å². The molecule has 22 heavy (non-hydrogen) atoms. The minimum atomic E-state index is -3.43. The number of piperidine rings is 1. The van der Waals surface area contributed by atoms with Crippen LogP contribution in [0.2, 0.25) is 5.02 Å². The van der Waals surface area contributed by atoms with Crippen LogP contribution in [0.5, 0.6) is 0 Å². The summed E-state index contributed by atoms with van der Waals surface area (Å²) < 4.78 is 26.3. The molecule has 4 nitrogen and oxygen atoms in total. The van der Waals surface area contributed by atoms with E-state index in [-0.39, 0.29) is 4.90 Å². The normalized spacial score (nSPS) is 17.0. The third-order valence-electron chi connectivity index (χ3n) is 4.15. The number of halogens is 1. The molecule has 0 saturated carbocycles. The highest BCUT2D eigenvalue weighted by Gasteiger charge is 2.20. The van der Waals surface area contributed by atoms with E-state index in [0.29, 0.717) is 11.6 Å². The summed E-state index contributed by atoms with van der Waals surface area (Å²) in [5, 5.41) is 0.444. The number of sulfonamides is 1. The van der Waals surface area contributed by atoms with E-state index in [1.54, 1.807) is 25.2 Å². The maximum absolute atomic E-state index is 12.4. The highest BCUT2D eigenvalue weighted by atomic mass is 35.5. The van der Waals surface area contributed by atoms with E-state index in [4.69, 9.17) is 11.6 Å². The fourth-order valence-corrected chi connectivity index (χ4v) is 4.29. The van der Waals surface area contributed by atoms with Crippen LogP contribution in [0.4, 0.5) is 0 Å². The van der Waals surface area contributed by atoms with Crippen LogP contribution in [0.1, 0.15) is 32.1 Å². The second-order valence-electron chi connectivity index (χ2n) is 5.89. The van der Waals surface area contributed by atoms with Gasteiger partial charge in [0.25, 0.3) is 0 Å². The highest BCUT2D eigenvalue weighted by Crippen LogP contribution is 2.19. The molecule has 1 aliphatic rings. The van der Waals surface area contributed by atoms with E-state index in [2.05, 4.69) is 4.90 Å². The molecule has 6 heteroatoms. The molecule has 0 spiro atoms. The summed E-state index contributed by atoms with van der Waals surface area (Å²) in [7, 11) is -1.80. The number of benzene rings is 1. The minimum Gasteiger partial charge on any atom is -0.303 e. The van der Waals surface area contributed by atoms with Crippen molar-refractivity contribution in [1.82, 2.24) is 9.21 Å². The number of unbranched alkanes of at least 4 members (excludes halogenated alkanes) is 1. The second kappa shape index (κ2) is 8.29. The van der Waals surface area contributed by atoms with Crippen LogP contribution in [0.15, 0.2) is 29.2 Å². The average Bonchev–Trinajstić information content (AvgIpc) is 2.52. The minimum absolute atomic E-state index is 0.263. The first-order valence-corrected chi connectivity index (χ1v) is 9.76. The molecule has 1 saturated heterocycles. The van der Waals surface area contributed by atoms with E-state index in [0.717, 1.165) is 19.4 Å². The van der Waals surface area contributed by atoms with Gasteiger partial charge in [0.1, 0.15) is 0 Å². The van der Waals surface area contributed by atoms with Gasteiger partial charge in [0.15, 0.2) is 0 Å². The predicted octanol–water partition coefficient (Wildman–Crippen LogP) is 3.23. The van der Waals surface area contributed by atoms with Crippen molar-refractivity contribution in [3.8, 4) is 0 Å². The summed E-state index contributed by atoms with van der Waals surface area (Å²) in [6.45, 7) is 4.00. The number of hydrogen-bond donors (Lipinski definition) is 0. The maximum Gasteiger partial charge on any atom is 0.242 e.